The Bertz CT molecular complexity index is 554. The standard InChI is InChI=1S/C16H20FNO3/c1-4-11(2)10-18(3)16(21)13-6-5-12(14(17)9-13)7-8-15(19)20/h5-9,11H,4,10H2,1-3H3,(H,19,20). The van der Waals surface area contributed by atoms with Crippen LogP contribution in [-0.4, -0.2) is 35.5 Å². The van der Waals surface area contributed by atoms with E-state index in [1.165, 1.54) is 12.1 Å². The van der Waals surface area contributed by atoms with Crippen molar-refractivity contribution in [2.75, 3.05) is 13.6 Å². The molecule has 1 atom stereocenters. The summed E-state index contributed by atoms with van der Waals surface area (Å²) in [5, 5.41) is 8.52. The monoisotopic (exact) mass is 293 g/mol. The quantitative estimate of drug-likeness (QED) is 0.820. The van der Waals surface area contributed by atoms with Gasteiger partial charge in [-0.05, 0) is 24.1 Å². The molecule has 1 amide bonds. The number of halogens is 1. The lowest BCUT2D eigenvalue weighted by Crippen LogP contribution is -2.30. The van der Waals surface area contributed by atoms with E-state index in [1.807, 2.05) is 13.8 Å². The molecular weight excluding hydrogens is 273 g/mol. The van der Waals surface area contributed by atoms with Crippen molar-refractivity contribution in [3.63, 3.8) is 0 Å². The number of hydrogen-bond donors (Lipinski definition) is 1. The molecule has 1 N–H and O–H groups in total. The Balaban J connectivity index is 2.88. The first-order valence-electron chi connectivity index (χ1n) is 6.81. The van der Waals surface area contributed by atoms with E-state index in [4.69, 9.17) is 5.11 Å². The second-order valence-corrected chi connectivity index (χ2v) is 5.11. The van der Waals surface area contributed by atoms with Crippen molar-refractivity contribution in [3.05, 3.63) is 41.2 Å². The fourth-order valence-corrected chi connectivity index (χ4v) is 1.86. The minimum absolute atomic E-state index is 0.138. The summed E-state index contributed by atoms with van der Waals surface area (Å²) in [4.78, 5) is 24.1. The molecule has 114 valence electrons. The molecular formula is C16H20FNO3. The van der Waals surface area contributed by atoms with E-state index in [1.54, 1.807) is 11.9 Å². The highest BCUT2D eigenvalue weighted by Crippen LogP contribution is 2.14. The van der Waals surface area contributed by atoms with E-state index in [9.17, 15) is 14.0 Å². The maximum Gasteiger partial charge on any atom is 0.328 e. The highest BCUT2D eigenvalue weighted by molar-refractivity contribution is 5.94. The summed E-state index contributed by atoms with van der Waals surface area (Å²) in [7, 11) is 1.69. The maximum atomic E-state index is 13.8. The first-order chi connectivity index (χ1) is 9.85. The number of benzene rings is 1. The number of aliphatic carboxylic acids is 1. The van der Waals surface area contributed by atoms with Gasteiger partial charge in [-0.1, -0.05) is 26.3 Å². The molecule has 0 saturated carbocycles. The summed E-state index contributed by atoms with van der Waals surface area (Å²) in [6.07, 6.45) is 2.98. The average molecular weight is 293 g/mol. The van der Waals surface area contributed by atoms with Crippen LogP contribution in [-0.2, 0) is 4.79 Å². The second kappa shape index (κ2) is 7.57. The Morgan fingerprint density at radius 3 is 2.62 bits per heavy atom. The van der Waals surface area contributed by atoms with Gasteiger partial charge in [0, 0.05) is 30.8 Å². The minimum atomic E-state index is -1.15. The van der Waals surface area contributed by atoms with E-state index in [2.05, 4.69) is 0 Å². The predicted molar refractivity (Wildman–Crippen MR) is 79.5 cm³/mol. The van der Waals surface area contributed by atoms with E-state index in [0.29, 0.717) is 12.5 Å². The van der Waals surface area contributed by atoms with Crippen molar-refractivity contribution in [1.29, 1.82) is 0 Å². The lowest BCUT2D eigenvalue weighted by Gasteiger charge is -2.21. The van der Waals surface area contributed by atoms with Crippen LogP contribution >= 0.6 is 0 Å². The molecule has 1 unspecified atom stereocenters. The Morgan fingerprint density at radius 1 is 1.43 bits per heavy atom. The largest absolute Gasteiger partial charge is 0.478 e. The third-order valence-electron chi connectivity index (χ3n) is 3.28. The van der Waals surface area contributed by atoms with Crippen molar-refractivity contribution in [2.45, 2.75) is 20.3 Å². The number of rotatable bonds is 6. The Morgan fingerprint density at radius 2 is 2.10 bits per heavy atom. The number of nitrogens with zero attached hydrogens (tertiary/aromatic N) is 1. The van der Waals surface area contributed by atoms with Gasteiger partial charge in [-0.25, -0.2) is 9.18 Å². The fourth-order valence-electron chi connectivity index (χ4n) is 1.86. The molecule has 0 fully saturated rings. The van der Waals surface area contributed by atoms with E-state index >= 15 is 0 Å². The summed E-state index contributed by atoms with van der Waals surface area (Å²) in [6, 6.07) is 4.04. The summed E-state index contributed by atoms with van der Waals surface area (Å²) < 4.78 is 13.8. The van der Waals surface area contributed by atoms with E-state index in [-0.39, 0.29) is 17.0 Å². The van der Waals surface area contributed by atoms with Gasteiger partial charge < -0.3 is 10.0 Å². The number of carbonyl (C=O) groups excluding carboxylic acids is 1. The molecule has 0 aromatic heterocycles. The lowest BCUT2D eigenvalue weighted by atomic mass is 10.1. The average Bonchev–Trinajstić information content (AvgIpc) is 2.44. The minimum Gasteiger partial charge on any atom is -0.478 e. The smallest absolute Gasteiger partial charge is 0.328 e. The topological polar surface area (TPSA) is 57.6 Å². The highest BCUT2D eigenvalue weighted by Gasteiger charge is 2.15. The van der Waals surface area contributed by atoms with Crippen LogP contribution in [0.3, 0.4) is 0 Å². The molecule has 0 bridgehead atoms. The molecule has 0 spiro atoms. The van der Waals surface area contributed by atoms with Crippen molar-refractivity contribution in [2.24, 2.45) is 5.92 Å². The van der Waals surface area contributed by atoms with Gasteiger partial charge in [-0.2, -0.15) is 0 Å². The summed E-state index contributed by atoms with van der Waals surface area (Å²) >= 11 is 0. The van der Waals surface area contributed by atoms with Gasteiger partial charge in [0.2, 0.25) is 0 Å². The third kappa shape index (κ3) is 5.02. The number of hydrogen-bond acceptors (Lipinski definition) is 2. The van der Waals surface area contributed by atoms with E-state index < -0.39 is 11.8 Å². The van der Waals surface area contributed by atoms with Crippen LogP contribution < -0.4 is 0 Å². The van der Waals surface area contributed by atoms with Crippen molar-refractivity contribution in [1.82, 2.24) is 4.90 Å². The van der Waals surface area contributed by atoms with Crippen LogP contribution in [0.25, 0.3) is 6.08 Å². The molecule has 4 nitrogen and oxygen atoms in total. The predicted octanol–water partition coefficient (Wildman–Crippen LogP) is 3.04. The van der Waals surface area contributed by atoms with Crippen molar-refractivity contribution >= 4 is 18.0 Å². The number of carboxylic acids is 1. The van der Waals surface area contributed by atoms with Crippen molar-refractivity contribution < 1.29 is 19.1 Å². The number of amides is 1. The molecule has 0 saturated heterocycles. The van der Waals surface area contributed by atoms with Crippen LogP contribution in [0.5, 0.6) is 0 Å². The van der Waals surface area contributed by atoms with Crippen molar-refractivity contribution in [3.8, 4) is 0 Å². The number of carboxylic acid groups (broad SMARTS) is 1. The molecule has 0 aliphatic rings. The second-order valence-electron chi connectivity index (χ2n) is 5.11. The first kappa shape index (κ1) is 16.9. The molecule has 21 heavy (non-hydrogen) atoms. The van der Waals surface area contributed by atoms with Crippen LogP contribution in [0.2, 0.25) is 0 Å². The van der Waals surface area contributed by atoms with Gasteiger partial charge >= 0.3 is 5.97 Å². The van der Waals surface area contributed by atoms with Crippen LogP contribution in [0.15, 0.2) is 24.3 Å². The van der Waals surface area contributed by atoms with Crippen LogP contribution in [0.1, 0.15) is 36.2 Å². The summed E-state index contributed by atoms with van der Waals surface area (Å²) in [5.41, 5.74) is 0.393. The summed E-state index contributed by atoms with van der Waals surface area (Å²) in [5.74, 6) is -1.64. The zero-order chi connectivity index (χ0) is 16.0. The Hall–Kier alpha value is -2.17. The number of carbonyl (C=O) groups is 2. The first-order valence-corrected chi connectivity index (χ1v) is 6.81. The molecule has 1 rings (SSSR count). The summed E-state index contributed by atoms with van der Waals surface area (Å²) in [6.45, 7) is 4.70. The molecule has 0 heterocycles. The molecule has 1 aromatic carbocycles. The molecule has 0 aliphatic carbocycles. The van der Waals surface area contributed by atoms with Gasteiger partial charge in [0.15, 0.2) is 0 Å². The maximum absolute atomic E-state index is 13.8. The van der Waals surface area contributed by atoms with Gasteiger partial charge in [-0.15, -0.1) is 0 Å². The molecule has 1 aromatic rings. The van der Waals surface area contributed by atoms with Crippen LogP contribution in [0.4, 0.5) is 4.39 Å². The molecule has 0 radical (unpaired) electrons. The third-order valence-corrected chi connectivity index (χ3v) is 3.28. The Kier molecular flexibility index (Phi) is 6.09. The SMILES string of the molecule is CCC(C)CN(C)C(=O)c1ccc(C=CC(=O)O)c(F)c1. The van der Waals surface area contributed by atoms with Gasteiger partial charge in [0.25, 0.3) is 5.91 Å². The van der Waals surface area contributed by atoms with Gasteiger partial charge in [0.1, 0.15) is 5.82 Å². The molecule has 5 heteroatoms. The highest BCUT2D eigenvalue weighted by atomic mass is 19.1. The zero-order valence-electron chi connectivity index (χ0n) is 12.5. The van der Waals surface area contributed by atoms with Crippen LogP contribution in [0, 0.1) is 11.7 Å². The molecule has 0 aliphatic heterocycles. The fraction of sp³-hybridized carbons (Fsp3) is 0.375. The lowest BCUT2D eigenvalue weighted by molar-refractivity contribution is -0.131. The van der Waals surface area contributed by atoms with Gasteiger partial charge in [-0.3, -0.25) is 4.79 Å². The Labute approximate surface area is 123 Å². The normalized spacial score (nSPS) is 12.4. The van der Waals surface area contributed by atoms with Gasteiger partial charge in [0.05, 0.1) is 0 Å². The van der Waals surface area contributed by atoms with E-state index in [0.717, 1.165) is 24.6 Å². The zero-order valence-corrected chi connectivity index (χ0v) is 12.5.